The molecule has 1 aliphatic carbocycles. The molecule has 0 bridgehead atoms. The molecule has 0 unspecified atom stereocenters. The number of carbonyl (C=O) groups excluding carboxylic acids is 1. The van der Waals surface area contributed by atoms with Crippen LogP contribution >= 0.6 is 15.9 Å². The molecule has 2 aromatic rings. The molecule has 1 saturated carbocycles. The van der Waals surface area contributed by atoms with Crippen LogP contribution in [0.1, 0.15) is 69.9 Å². The molecule has 5 rings (SSSR count). The van der Waals surface area contributed by atoms with E-state index in [1.165, 1.54) is 0 Å². The lowest BCUT2D eigenvalue weighted by Gasteiger charge is -2.34. The molecule has 3 heterocycles. The predicted molar refractivity (Wildman–Crippen MR) is 150 cm³/mol. The molecule has 0 radical (unpaired) electrons. The van der Waals surface area contributed by atoms with E-state index in [9.17, 15) is 13.2 Å². The standard InChI is InChI=1S/C27H39BrN4O4S/c1-18(2)29-9-7-21(8-10-29)36-26-16-20-15-25(32(19(3)4)24(20)17-23(26)28)27(33)30-11-13-31(14-12-30)37(34,35)22-5-6-22/h15-19,21-22H,5-14H2,1-4H3. The van der Waals surface area contributed by atoms with E-state index in [1.54, 1.807) is 9.21 Å². The van der Waals surface area contributed by atoms with Crippen LogP contribution in [0.2, 0.25) is 0 Å². The van der Waals surface area contributed by atoms with Crippen molar-refractivity contribution in [2.24, 2.45) is 0 Å². The first-order chi connectivity index (χ1) is 17.6. The number of benzene rings is 1. The molecule has 1 aromatic heterocycles. The van der Waals surface area contributed by atoms with Gasteiger partial charge in [0.1, 0.15) is 17.5 Å². The lowest BCUT2D eigenvalue weighted by atomic mass is 10.1. The minimum Gasteiger partial charge on any atom is -0.489 e. The Morgan fingerprint density at radius 3 is 2.14 bits per heavy atom. The van der Waals surface area contributed by atoms with Gasteiger partial charge < -0.3 is 19.1 Å². The Morgan fingerprint density at radius 2 is 1.57 bits per heavy atom. The van der Waals surface area contributed by atoms with Crippen molar-refractivity contribution in [1.29, 1.82) is 0 Å². The number of piperazine rings is 1. The number of piperidine rings is 1. The number of aromatic nitrogens is 1. The van der Waals surface area contributed by atoms with Crippen LogP contribution in [0.5, 0.6) is 5.75 Å². The van der Waals surface area contributed by atoms with Gasteiger partial charge in [0.2, 0.25) is 10.0 Å². The molecule has 0 atom stereocenters. The molecule has 0 N–H and O–H groups in total. The van der Waals surface area contributed by atoms with E-state index in [-0.39, 0.29) is 23.3 Å². The topological polar surface area (TPSA) is 75.1 Å². The summed E-state index contributed by atoms with van der Waals surface area (Å²) < 4.78 is 36.2. The number of hydrogen-bond acceptors (Lipinski definition) is 5. The van der Waals surface area contributed by atoms with Crippen molar-refractivity contribution >= 4 is 42.8 Å². The van der Waals surface area contributed by atoms with E-state index in [0.29, 0.717) is 37.9 Å². The average molecular weight is 596 g/mol. The first-order valence-electron chi connectivity index (χ1n) is 13.6. The van der Waals surface area contributed by atoms with E-state index in [0.717, 1.165) is 59.9 Å². The zero-order valence-electron chi connectivity index (χ0n) is 22.3. The fourth-order valence-electron chi connectivity index (χ4n) is 5.61. The normalized spacial score (nSPS) is 20.9. The first-order valence-corrected chi connectivity index (χ1v) is 15.9. The van der Waals surface area contributed by atoms with E-state index in [2.05, 4.69) is 59.2 Å². The molecule has 3 aliphatic rings. The van der Waals surface area contributed by atoms with Gasteiger partial charge in [0.25, 0.3) is 5.91 Å². The van der Waals surface area contributed by atoms with E-state index < -0.39 is 10.0 Å². The second-order valence-electron chi connectivity index (χ2n) is 11.2. The summed E-state index contributed by atoms with van der Waals surface area (Å²) in [4.78, 5) is 17.9. The smallest absolute Gasteiger partial charge is 0.270 e. The fourth-order valence-corrected chi connectivity index (χ4v) is 7.87. The molecule has 3 fully saturated rings. The summed E-state index contributed by atoms with van der Waals surface area (Å²) in [5, 5.41) is 0.764. The van der Waals surface area contributed by atoms with E-state index >= 15 is 0 Å². The third-order valence-corrected chi connectivity index (χ3v) is 11.0. The number of nitrogens with zero attached hydrogens (tertiary/aromatic N) is 4. The number of hydrogen-bond donors (Lipinski definition) is 0. The zero-order valence-corrected chi connectivity index (χ0v) is 24.7. The average Bonchev–Trinajstić information content (AvgIpc) is 3.67. The second-order valence-corrected chi connectivity index (χ2v) is 14.3. The third-order valence-electron chi connectivity index (χ3n) is 7.96. The Morgan fingerprint density at radius 1 is 0.919 bits per heavy atom. The maximum Gasteiger partial charge on any atom is 0.270 e. The van der Waals surface area contributed by atoms with Gasteiger partial charge in [-0.1, -0.05) is 0 Å². The van der Waals surface area contributed by atoms with Crippen LogP contribution < -0.4 is 4.74 Å². The van der Waals surface area contributed by atoms with Crippen molar-refractivity contribution in [1.82, 2.24) is 18.7 Å². The molecular formula is C27H39BrN4O4S. The number of ether oxygens (including phenoxy) is 1. The number of sulfonamides is 1. The Kier molecular flexibility index (Phi) is 7.66. The van der Waals surface area contributed by atoms with E-state index in [4.69, 9.17) is 4.74 Å². The van der Waals surface area contributed by atoms with Crippen LogP contribution in [0.3, 0.4) is 0 Å². The predicted octanol–water partition coefficient (Wildman–Crippen LogP) is 4.49. The molecule has 204 valence electrons. The molecule has 0 spiro atoms. The first kappa shape index (κ1) is 27.0. The molecule has 10 heteroatoms. The van der Waals surface area contributed by atoms with Gasteiger partial charge in [0.15, 0.2) is 0 Å². The van der Waals surface area contributed by atoms with Crippen molar-refractivity contribution in [3.05, 3.63) is 28.4 Å². The maximum absolute atomic E-state index is 13.7. The molecule has 37 heavy (non-hydrogen) atoms. The van der Waals surface area contributed by atoms with Crippen molar-refractivity contribution in [2.45, 2.75) is 76.8 Å². The third kappa shape index (κ3) is 5.44. The summed E-state index contributed by atoms with van der Waals surface area (Å²) in [5.74, 6) is 0.766. The highest BCUT2D eigenvalue weighted by Crippen LogP contribution is 2.36. The van der Waals surface area contributed by atoms with Gasteiger partial charge in [0.05, 0.1) is 15.2 Å². The molecule has 2 aliphatic heterocycles. The number of amides is 1. The van der Waals surface area contributed by atoms with Gasteiger partial charge in [-0.2, -0.15) is 4.31 Å². The van der Waals surface area contributed by atoms with Gasteiger partial charge >= 0.3 is 0 Å². The monoisotopic (exact) mass is 594 g/mol. The second kappa shape index (κ2) is 10.5. The highest BCUT2D eigenvalue weighted by Gasteiger charge is 2.41. The SMILES string of the molecule is CC(C)N1CCC(Oc2cc3cc(C(=O)N4CCN(S(=O)(=O)C5CC5)CC4)n(C(C)C)c3cc2Br)CC1. The molecule has 8 nitrogen and oxygen atoms in total. The van der Waals surface area contributed by atoms with Gasteiger partial charge in [-0.25, -0.2) is 8.42 Å². The number of likely N-dealkylation sites (tertiary alicyclic amines) is 1. The van der Waals surface area contributed by atoms with Crippen LogP contribution in [0.25, 0.3) is 10.9 Å². The minimum absolute atomic E-state index is 0.0481. The number of rotatable bonds is 7. The van der Waals surface area contributed by atoms with Crippen LogP contribution in [-0.4, -0.2) is 89.7 Å². The minimum atomic E-state index is -3.21. The van der Waals surface area contributed by atoms with E-state index in [1.807, 2.05) is 12.1 Å². The zero-order chi connectivity index (χ0) is 26.5. The Labute approximate surface area is 229 Å². The Balaban J connectivity index is 1.34. The Hall–Kier alpha value is -1.62. The van der Waals surface area contributed by atoms with Crippen molar-refractivity contribution in [2.75, 3.05) is 39.3 Å². The highest BCUT2D eigenvalue weighted by atomic mass is 79.9. The lowest BCUT2D eigenvalue weighted by Crippen LogP contribution is -2.51. The number of carbonyl (C=O) groups is 1. The van der Waals surface area contributed by atoms with Gasteiger partial charge in [0, 0.05) is 56.7 Å². The van der Waals surface area contributed by atoms with Crippen LogP contribution in [0, 0.1) is 0 Å². The summed E-state index contributed by atoms with van der Waals surface area (Å²) in [7, 11) is -3.21. The number of halogens is 1. The lowest BCUT2D eigenvalue weighted by molar-refractivity contribution is 0.0686. The summed E-state index contributed by atoms with van der Waals surface area (Å²) in [6.07, 6.45) is 3.70. The number of fused-ring (bicyclic) bond motifs is 1. The maximum atomic E-state index is 13.7. The van der Waals surface area contributed by atoms with Crippen LogP contribution in [0.4, 0.5) is 0 Å². The molecule has 2 saturated heterocycles. The van der Waals surface area contributed by atoms with Crippen LogP contribution in [-0.2, 0) is 10.0 Å². The summed E-state index contributed by atoms with van der Waals surface area (Å²) in [5.41, 5.74) is 1.62. The largest absolute Gasteiger partial charge is 0.489 e. The molecular weight excluding hydrogens is 556 g/mol. The quantitative estimate of drug-likeness (QED) is 0.472. The fraction of sp³-hybridized carbons (Fsp3) is 0.667. The van der Waals surface area contributed by atoms with Crippen molar-refractivity contribution in [3.8, 4) is 5.75 Å². The summed E-state index contributed by atoms with van der Waals surface area (Å²) >= 11 is 3.72. The summed E-state index contributed by atoms with van der Waals surface area (Å²) in [6.45, 7) is 12.3. The van der Waals surface area contributed by atoms with Crippen molar-refractivity contribution < 1.29 is 17.9 Å². The molecule has 1 aromatic carbocycles. The van der Waals surface area contributed by atoms with Crippen molar-refractivity contribution in [3.63, 3.8) is 0 Å². The summed E-state index contributed by atoms with van der Waals surface area (Å²) in [6, 6.07) is 6.72. The van der Waals surface area contributed by atoms with Gasteiger partial charge in [-0.3, -0.25) is 4.79 Å². The van der Waals surface area contributed by atoms with Gasteiger partial charge in [-0.05, 0) is 87.5 Å². The Bertz CT molecular complexity index is 1250. The molecule has 1 amide bonds. The highest BCUT2D eigenvalue weighted by molar-refractivity contribution is 9.10. The van der Waals surface area contributed by atoms with Gasteiger partial charge in [-0.15, -0.1) is 0 Å². The van der Waals surface area contributed by atoms with Crippen LogP contribution in [0.15, 0.2) is 22.7 Å².